The van der Waals surface area contributed by atoms with Crippen LogP contribution in [0.3, 0.4) is 0 Å². The van der Waals surface area contributed by atoms with Gasteiger partial charge in [0.2, 0.25) is 0 Å². The number of anilines is 1. The fraction of sp³-hybridized carbons (Fsp3) is 0.500. The van der Waals surface area contributed by atoms with E-state index in [0.717, 1.165) is 6.07 Å². The molecule has 1 aromatic rings. The molecule has 0 fully saturated rings. The lowest BCUT2D eigenvalue weighted by atomic mass is 9.83. The summed E-state index contributed by atoms with van der Waals surface area (Å²) < 4.78 is 27.3. The topological polar surface area (TPSA) is 69.6 Å². The highest BCUT2D eigenvalue weighted by Gasteiger charge is 2.26. The van der Waals surface area contributed by atoms with Crippen LogP contribution in [0, 0.1) is 17.0 Å². The van der Waals surface area contributed by atoms with Crippen LogP contribution in [0.2, 0.25) is 0 Å². The van der Waals surface area contributed by atoms with Crippen molar-refractivity contribution in [2.75, 3.05) is 18.5 Å². The molecular formula is C14H19F2NO3. The summed E-state index contributed by atoms with van der Waals surface area (Å²) in [7, 11) is 0. The number of carbonyl (C=O) groups is 1. The van der Waals surface area contributed by atoms with Gasteiger partial charge in [-0.05, 0) is 25.0 Å². The second kappa shape index (κ2) is 6.65. The Bertz CT molecular complexity index is 479. The van der Waals surface area contributed by atoms with E-state index in [1.165, 1.54) is 6.07 Å². The van der Waals surface area contributed by atoms with Crippen molar-refractivity contribution >= 4 is 11.7 Å². The quantitative estimate of drug-likeness (QED) is 0.721. The number of hydrogen-bond donors (Lipinski definition) is 3. The molecule has 0 aliphatic carbocycles. The lowest BCUT2D eigenvalue weighted by Gasteiger charge is -2.30. The van der Waals surface area contributed by atoms with Crippen molar-refractivity contribution in [3.05, 3.63) is 29.3 Å². The number of nitrogens with one attached hydrogen (secondary N) is 1. The Balaban J connectivity index is 2.95. The summed E-state index contributed by atoms with van der Waals surface area (Å²) in [6, 6.07) is 2.21. The van der Waals surface area contributed by atoms with Crippen molar-refractivity contribution in [3.8, 4) is 0 Å². The molecule has 0 heterocycles. The zero-order valence-electron chi connectivity index (χ0n) is 11.5. The van der Waals surface area contributed by atoms with Gasteiger partial charge in [0, 0.05) is 12.0 Å². The van der Waals surface area contributed by atoms with Crippen molar-refractivity contribution in [2.45, 2.75) is 26.7 Å². The van der Waals surface area contributed by atoms with Crippen molar-refractivity contribution in [1.82, 2.24) is 0 Å². The molecule has 0 spiro atoms. The van der Waals surface area contributed by atoms with E-state index in [1.54, 1.807) is 0 Å². The van der Waals surface area contributed by atoms with Gasteiger partial charge in [-0.15, -0.1) is 0 Å². The van der Waals surface area contributed by atoms with Crippen LogP contribution < -0.4 is 5.32 Å². The minimum atomic E-state index is -1.51. The lowest BCUT2D eigenvalue weighted by molar-refractivity contribution is 0.0690. The number of aromatic carboxylic acids is 1. The molecule has 0 unspecified atom stereocenters. The standard InChI is InChI=1S/C14H19F2NO3/c1-3-14(4-2,8-18)7-17-10-6-5-9(13(19)20)11(15)12(10)16/h5-6,17-18H,3-4,7-8H2,1-2H3,(H,19,20). The van der Waals surface area contributed by atoms with E-state index >= 15 is 0 Å². The van der Waals surface area contributed by atoms with Gasteiger partial charge in [0.15, 0.2) is 11.6 Å². The van der Waals surface area contributed by atoms with E-state index in [0.29, 0.717) is 12.8 Å². The predicted octanol–water partition coefficient (Wildman–Crippen LogP) is 2.87. The van der Waals surface area contributed by atoms with E-state index in [9.17, 15) is 18.7 Å². The van der Waals surface area contributed by atoms with E-state index in [1.807, 2.05) is 13.8 Å². The summed E-state index contributed by atoms with van der Waals surface area (Å²) in [6.07, 6.45) is 1.37. The summed E-state index contributed by atoms with van der Waals surface area (Å²) in [5.41, 5.74) is -1.21. The molecule has 0 aliphatic heterocycles. The zero-order chi connectivity index (χ0) is 15.3. The minimum absolute atomic E-state index is 0.0652. The normalized spacial score (nSPS) is 11.4. The van der Waals surface area contributed by atoms with Gasteiger partial charge in [0.25, 0.3) is 0 Å². The third kappa shape index (κ3) is 3.25. The van der Waals surface area contributed by atoms with Gasteiger partial charge in [-0.2, -0.15) is 0 Å². The van der Waals surface area contributed by atoms with Gasteiger partial charge >= 0.3 is 5.97 Å². The second-order valence-corrected chi connectivity index (χ2v) is 4.81. The van der Waals surface area contributed by atoms with E-state index in [-0.39, 0.29) is 18.8 Å². The number of rotatable bonds is 7. The fourth-order valence-corrected chi connectivity index (χ4v) is 1.91. The van der Waals surface area contributed by atoms with Gasteiger partial charge in [-0.1, -0.05) is 13.8 Å². The summed E-state index contributed by atoms with van der Waals surface area (Å²) in [5, 5.41) is 20.8. The highest BCUT2D eigenvalue weighted by molar-refractivity contribution is 5.88. The van der Waals surface area contributed by atoms with Gasteiger partial charge in [-0.3, -0.25) is 0 Å². The number of aliphatic hydroxyl groups excluding tert-OH is 1. The molecule has 20 heavy (non-hydrogen) atoms. The summed E-state index contributed by atoms with van der Waals surface area (Å²) in [5.74, 6) is -4.12. The summed E-state index contributed by atoms with van der Waals surface area (Å²) in [6.45, 7) is 4.03. The van der Waals surface area contributed by atoms with Gasteiger partial charge in [0.1, 0.15) is 0 Å². The number of carboxylic acids is 1. The van der Waals surface area contributed by atoms with Crippen LogP contribution in [-0.2, 0) is 0 Å². The third-order valence-corrected chi connectivity index (χ3v) is 3.80. The Labute approximate surface area is 116 Å². The van der Waals surface area contributed by atoms with Gasteiger partial charge < -0.3 is 15.5 Å². The van der Waals surface area contributed by atoms with Crippen molar-refractivity contribution in [2.24, 2.45) is 5.41 Å². The maximum atomic E-state index is 13.7. The number of hydrogen-bond acceptors (Lipinski definition) is 3. The molecule has 1 aromatic carbocycles. The van der Waals surface area contributed by atoms with Crippen molar-refractivity contribution < 1.29 is 23.8 Å². The molecule has 0 saturated carbocycles. The first-order valence-corrected chi connectivity index (χ1v) is 6.46. The smallest absolute Gasteiger partial charge is 0.338 e. The van der Waals surface area contributed by atoms with E-state index in [2.05, 4.69) is 5.32 Å². The molecule has 0 saturated heterocycles. The number of halogens is 2. The summed E-state index contributed by atoms with van der Waals surface area (Å²) >= 11 is 0. The van der Waals surface area contributed by atoms with E-state index < -0.39 is 28.6 Å². The zero-order valence-corrected chi connectivity index (χ0v) is 11.5. The molecule has 0 bridgehead atoms. The molecule has 112 valence electrons. The minimum Gasteiger partial charge on any atom is -0.478 e. The Kier molecular flexibility index (Phi) is 5.44. The van der Waals surface area contributed by atoms with Crippen LogP contribution in [-0.4, -0.2) is 29.3 Å². The second-order valence-electron chi connectivity index (χ2n) is 4.81. The first-order valence-electron chi connectivity index (χ1n) is 6.46. The average molecular weight is 287 g/mol. The molecule has 0 radical (unpaired) electrons. The lowest BCUT2D eigenvalue weighted by Crippen LogP contribution is -2.32. The first-order chi connectivity index (χ1) is 9.40. The maximum Gasteiger partial charge on any atom is 0.338 e. The highest BCUT2D eigenvalue weighted by atomic mass is 19.2. The van der Waals surface area contributed by atoms with Crippen molar-refractivity contribution in [1.29, 1.82) is 0 Å². The molecule has 0 aromatic heterocycles. The van der Waals surface area contributed by atoms with Crippen LogP contribution in [0.4, 0.5) is 14.5 Å². The summed E-state index contributed by atoms with van der Waals surface area (Å²) in [4.78, 5) is 10.7. The van der Waals surface area contributed by atoms with Crippen molar-refractivity contribution in [3.63, 3.8) is 0 Å². The molecule has 0 atom stereocenters. The molecule has 3 N–H and O–H groups in total. The highest BCUT2D eigenvalue weighted by Crippen LogP contribution is 2.28. The average Bonchev–Trinajstić information content (AvgIpc) is 2.44. The number of carboxylic acid groups (broad SMARTS) is 1. The molecule has 6 heteroatoms. The first kappa shape index (κ1) is 16.4. The number of aliphatic hydroxyl groups is 1. The van der Waals surface area contributed by atoms with Crippen LogP contribution >= 0.6 is 0 Å². The van der Waals surface area contributed by atoms with Crippen LogP contribution in [0.1, 0.15) is 37.0 Å². The Hall–Kier alpha value is -1.69. The largest absolute Gasteiger partial charge is 0.478 e. The fourth-order valence-electron chi connectivity index (χ4n) is 1.91. The molecule has 0 amide bonds. The van der Waals surface area contributed by atoms with Crippen LogP contribution in [0.25, 0.3) is 0 Å². The van der Waals surface area contributed by atoms with Gasteiger partial charge in [0.05, 0.1) is 17.9 Å². The molecule has 0 aliphatic rings. The van der Waals surface area contributed by atoms with Gasteiger partial charge in [-0.25, -0.2) is 13.6 Å². The Morgan fingerprint density at radius 3 is 2.30 bits per heavy atom. The maximum absolute atomic E-state index is 13.7. The molecule has 4 nitrogen and oxygen atoms in total. The predicted molar refractivity (Wildman–Crippen MR) is 71.9 cm³/mol. The Morgan fingerprint density at radius 2 is 1.85 bits per heavy atom. The van der Waals surface area contributed by atoms with E-state index in [4.69, 9.17) is 5.11 Å². The van der Waals surface area contributed by atoms with Crippen LogP contribution in [0.15, 0.2) is 12.1 Å². The molecular weight excluding hydrogens is 268 g/mol. The Morgan fingerprint density at radius 1 is 1.25 bits per heavy atom. The monoisotopic (exact) mass is 287 g/mol. The third-order valence-electron chi connectivity index (χ3n) is 3.80. The van der Waals surface area contributed by atoms with Crippen LogP contribution in [0.5, 0.6) is 0 Å². The SMILES string of the molecule is CCC(CC)(CO)CNc1ccc(C(=O)O)c(F)c1F. The molecule has 1 rings (SSSR count). The number of benzene rings is 1.